The molecule has 0 saturated carbocycles. The highest BCUT2D eigenvalue weighted by atomic mass is 32.1. The first-order chi connectivity index (χ1) is 9.10. The highest BCUT2D eigenvalue weighted by molar-refractivity contribution is 7.18. The average molecular weight is 310 g/mol. The van der Waals surface area contributed by atoms with Crippen molar-refractivity contribution >= 4 is 28.2 Å². The number of aromatic nitrogens is 1. The van der Waals surface area contributed by atoms with Crippen LogP contribution in [0.15, 0.2) is 0 Å². The maximum absolute atomic E-state index is 12.1. The van der Waals surface area contributed by atoms with Crippen molar-refractivity contribution in [3.8, 4) is 0 Å². The molecule has 1 aromatic rings. The van der Waals surface area contributed by atoms with Crippen LogP contribution in [-0.2, 0) is 0 Å². The summed E-state index contributed by atoms with van der Waals surface area (Å²) in [4.78, 5) is 17.1. The van der Waals surface area contributed by atoms with E-state index in [2.05, 4.69) is 10.3 Å². The zero-order chi connectivity index (χ0) is 15.5. The van der Waals surface area contributed by atoms with Gasteiger partial charge in [0.1, 0.15) is 10.7 Å². The number of amides is 1. The summed E-state index contributed by atoms with van der Waals surface area (Å²) < 4.78 is 36.4. The fraction of sp³-hybridized carbons (Fsp3) is 0.636. The minimum Gasteiger partial charge on any atom is -0.382 e. The summed E-state index contributed by atoms with van der Waals surface area (Å²) in [6.45, 7) is 3.38. The summed E-state index contributed by atoms with van der Waals surface area (Å²) in [5, 5.41) is 3.47. The molecule has 1 rings (SSSR count). The van der Waals surface area contributed by atoms with Crippen molar-refractivity contribution in [3.63, 3.8) is 0 Å². The molecule has 3 N–H and O–H groups in total. The average Bonchev–Trinajstić information content (AvgIpc) is 2.64. The Hall–Kier alpha value is -1.51. The van der Waals surface area contributed by atoms with E-state index in [0.717, 1.165) is 16.2 Å². The number of alkyl halides is 3. The molecule has 0 unspecified atom stereocenters. The number of carbonyl (C=O) groups excluding carboxylic acids is 1. The summed E-state index contributed by atoms with van der Waals surface area (Å²) >= 11 is 1.04. The van der Waals surface area contributed by atoms with Gasteiger partial charge in [-0.25, -0.2) is 4.98 Å². The van der Waals surface area contributed by atoms with Gasteiger partial charge >= 0.3 is 6.18 Å². The van der Waals surface area contributed by atoms with Crippen molar-refractivity contribution < 1.29 is 18.0 Å². The number of carbonyl (C=O) groups is 1. The number of hydrogen-bond acceptors (Lipinski definition) is 5. The van der Waals surface area contributed by atoms with Gasteiger partial charge in [-0.15, -0.1) is 0 Å². The van der Waals surface area contributed by atoms with Gasteiger partial charge in [0, 0.05) is 19.6 Å². The van der Waals surface area contributed by atoms with Crippen molar-refractivity contribution in [2.24, 2.45) is 0 Å². The molecule has 0 saturated heterocycles. The Balaban J connectivity index is 2.74. The molecule has 0 aliphatic carbocycles. The fourth-order valence-corrected chi connectivity index (χ4v) is 2.39. The lowest BCUT2D eigenvalue weighted by atomic mass is 10.3. The molecule has 0 aliphatic rings. The summed E-state index contributed by atoms with van der Waals surface area (Å²) in [7, 11) is 1.31. The van der Waals surface area contributed by atoms with Crippen LogP contribution >= 0.6 is 11.3 Å². The topological polar surface area (TPSA) is 71.2 Å². The number of nitrogens with zero attached hydrogens (tertiary/aromatic N) is 2. The molecule has 0 fully saturated rings. The Morgan fingerprint density at radius 2 is 2.10 bits per heavy atom. The van der Waals surface area contributed by atoms with E-state index in [0.29, 0.717) is 5.13 Å². The first-order valence-electron chi connectivity index (χ1n) is 5.95. The molecular weight excluding hydrogens is 293 g/mol. The molecule has 0 aromatic carbocycles. The Morgan fingerprint density at radius 1 is 1.50 bits per heavy atom. The van der Waals surface area contributed by atoms with Crippen LogP contribution in [0.4, 0.5) is 24.1 Å². The van der Waals surface area contributed by atoms with Crippen molar-refractivity contribution in [1.82, 2.24) is 9.88 Å². The van der Waals surface area contributed by atoms with Crippen molar-refractivity contribution in [3.05, 3.63) is 4.88 Å². The third kappa shape index (κ3) is 4.87. The lowest BCUT2D eigenvalue weighted by Gasteiger charge is -2.17. The second-order valence-corrected chi connectivity index (χ2v) is 5.62. The molecule has 20 heavy (non-hydrogen) atoms. The third-order valence-corrected chi connectivity index (χ3v) is 3.33. The SMILES string of the molecule is CC(C)Nc1nc(N)c(C(=O)N(C)CCC(F)(F)F)s1. The van der Waals surface area contributed by atoms with Gasteiger partial charge in [-0.3, -0.25) is 4.79 Å². The van der Waals surface area contributed by atoms with Gasteiger partial charge in [-0.2, -0.15) is 13.2 Å². The first-order valence-corrected chi connectivity index (χ1v) is 6.77. The lowest BCUT2D eigenvalue weighted by Crippen LogP contribution is -2.30. The predicted octanol–water partition coefficient (Wildman–Crippen LogP) is 2.57. The van der Waals surface area contributed by atoms with Gasteiger partial charge in [0.05, 0.1) is 6.42 Å². The molecule has 1 heterocycles. The van der Waals surface area contributed by atoms with E-state index in [1.54, 1.807) is 0 Å². The Morgan fingerprint density at radius 3 is 2.60 bits per heavy atom. The van der Waals surface area contributed by atoms with E-state index in [1.165, 1.54) is 7.05 Å². The normalized spacial score (nSPS) is 11.8. The van der Waals surface area contributed by atoms with Crippen LogP contribution in [-0.4, -0.2) is 41.6 Å². The highest BCUT2D eigenvalue weighted by Gasteiger charge is 2.29. The minimum absolute atomic E-state index is 0.0296. The lowest BCUT2D eigenvalue weighted by molar-refractivity contribution is -0.136. The largest absolute Gasteiger partial charge is 0.390 e. The van der Waals surface area contributed by atoms with Crippen molar-refractivity contribution in [2.45, 2.75) is 32.5 Å². The number of nitrogens with one attached hydrogen (secondary N) is 1. The number of nitrogen functional groups attached to an aromatic ring is 1. The number of halogens is 3. The van der Waals surface area contributed by atoms with Crippen molar-refractivity contribution in [1.29, 1.82) is 0 Å². The van der Waals surface area contributed by atoms with E-state index in [-0.39, 0.29) is 16.7 Å². The standard InChI is InChI=1S/C11H17F3N4OS/c1-6(2)16-10-17-8(15)7(20-10)9(19)18(3)5-4-11(12,13)14/h6H,4-5,15H2,1-3H3,(H,16,17). The van der Waals surface area contributed by atoms with Crippen LogP contribution in [0.3, 0.4) is 0 Å². The molecule has 1 aromatic heterocycles. The fourth-order valence-electron chi connectivity index (χ4n) is 1.36. The molecule has 0 radical (unpaired) electrons. The molecule has 0 atom stereocenters. The molecular formula is C11H17F3N4OS. The van der Waals surface area contributed by atoms with Crippen LogP contribution in [0.5, 0.6) is 0 Å². The number of anilines is 2. The maximum Gasteiger partial charge on any atom is 0.390 e. The van der Waals surface area contributed by atoms with E-state index < -0.39 is 25.0 Å². The molecule has 114 valence electrons. The van der Waals surface area contributed by atoms with Gasteiger partial charge in [0.25, 0.3) is 5.91 Å². The van der Waals surface area contributed by atoms with Gasteiger partial charge < -0.3 is 16.0 Å². The van der Waals surface area contributed by atoms with Gasteiger partial charge in [-0.1, -0.05) is 11.3 Å². The minimum atomic E-state index is -4.29. The van der Waals surface area contributed by atoms with Gasteiger partial charge in [0.2, 0.25) is 0 Å². The van der Waals surface area contributed by atoms with Crippen molar-refractivity contribution in [2.75, 3.05) is 24.6 Å². The quantitative estimate of drug-likeness (QED) is 0.877. The summed E-state index contributed by atoms with van der Waals surface area (Å²) in [6.07, 6.45) is -5.34. The van der Waals surface area contributed by atoms with Crippen LogP contribution in [0, 0.1) is 0 Å². The molecule has 9 heteroatoms. The van der Waals surface area contributed by atoms with Crippen LogP contribution in [0.2, 0.25) is 0 Å². The second-order valence-electron chi connectivity index (χ2n) is 4.62. The Bertz CT molecular complexity index is 473. The van der Waals surface area contributed by atoms with E-state index >= 15 is 0 Å². The number of nitrogens with two attached hydrogens (primary N) is 1. The van der Waals surface area contributed by atoms with Gasteiger partial charge in [0.15, 0.2) is 5.13 Å². The number of rotatable bonds is 5. The smallest absolute Gasteiger partial charge is 0.382 e. The Labute approximate surface area is 119 Å². The van der Waals surface area contributed by atoms with Crippen LogP contribution in [0.1, 0.15) is 29.9 Å². The first kappa shape index (κ1) is 16.5. The van der Waals surface area contributed by atoms with Gasteiger partial charge in [-0.05, 0) is 13.8 Å². The Kier molecular flexibility index (Phi) is 5.21. The molecule has 0 aliphatic heterocycles. The zero-order valence-electron chi connectivity index (χ0n) is 11.4. The number of thiazole rings is 1. The van der Waals surface area contributed by atoms with Crippen LogP contribution in [0.25, 0.3) is 0 Å². The monoisotopic (exact) mass is 310 g/mol. The third-order valence-electron chi connectivity index (χ3n) is 2.34. The van der Waals surface area contributed by atoms with E-state index in [1.807, 2.05) is 13.8 Å². The predicted molar refractivity (Wildman–Crippen MR) is 72.9 cm³/mol. The highest BCUT2D eigenvalue weighted by Crippen LogP contribution is 2.27. The van der Waals surface area contributed by atoms with E-state index in [9.17, 15) is 18.0 Å². The summed E-state index contributed by atoms with van der Waals surface area (Å²) in [5.74, 6) is -0.525. The molecule has 0 spiro atoms. The van der Waals surface area contributed by atoms with Crippen LogP contribution < -0.4 is 11.1 Å². The number of hydrogen-bond donors (Lipinski definition) is 2. The summed E-state index contributed by atoms with van der Waals surface area (Å²) in [5.41, 5.74) is 5.63. The van der Waals surface area contributed by atoms with E-state index in [4.69, 9.17) is 5.73 Å². The zero-order valence-corrected chi connectivity index (χ0v) is 12.2. The molecule has 1 amide bonds. The summed E-state index contributed by atoms with van der Waals surface area (Å²) in [6, 6.07) is 0.117. The maximum atomic E-state index is 12.1. The molecule has 0 bridgehead atoms. The molecule has 5 nitrogen and oxygen atoms in total. The second kappa shape index (κ2) is 6.29.